The molecular formula is C12H26N2O3. The second-order valence-corrected chi connectivity index (χ2v) is 4.55. The summed E-state index contributed by atoms with van der Waals surface area (Å²) in [6.07, 6.45) is 0.978. The van der Waals surface area contributed by atoms with Crippen molar-refractivity contribution in [2.75, 3.05) is 33.0 Å². The monoisotopic (exact) mass is 246 g/mol. The number of hydrogen-bond donors (Lipinski definition) is 2. The minimum atomic E-state index is -0.0722. The van der Waals surface area contributed by atoms with Gasteiger partial charge in [-0.3, -0.25) is 4.79 Å². The maximum absolute atomic E-state index is 11.4. The zero-order valence-electron chi connectivity index (χ0n) is 11.2. The molecule has 0 unspecified atom stereocenters. The third-order valence-corrected chi connectivity index (χ3v) is 2.10. The van der Waals surface area contributed by atoms with E-state index in [-0.39, 0.29) is 18.6 Å². The molecule has 0 spiro atoms. The molecule has 17 heavy (non-hydrogen) atoms. The van der Waals surface area contributed by atoms with Gasteiger partial charge >= 0.3 is 0 Å². The molecule has 5 heteroatoms. The van der Waals surface area contributed by atoms with Gasteiger partial charge in [0.15, 0.2) is 0 Å². The number of nitrogens with one attached hydrogen (secondary N) is 1. The van der Waals surface area contributed by atoms with Crippen molar-refractivity contribution in [2.45, 2.75) is 33.2 Å². The second kappa shape index (κ2) is 10.5. The van der Waals surface area contributed by atoms with Crippen molar-refractivity contribution < 1.29 is 14.3 Å². The van der Waals surface area contributed by atoms with Gasteiger partial charge in [-0.25, -0.2) is 0 Å². The van der Waals surface area contributed by atoms with Crippen molar-refractivity contribution in [2.24, 2.45) is 11.7 Å². The Labute approximate surface area is 104 Å². The van der Waals surface area contributed by atoms with E-state index in [2.05, 4.69) is 19.2 Å². The van der Waals surface area contributed by atoms with Crippen LogP contribution in [-0.4, -0.2) is 44.9 Å². The average molecular weight is 246 g/mol. The fraction of sp³-hybridized carbons (Fsp3) is 0.917. The molecule has 0 aliphatic carbocycles. The predicted octanol–water partition coefficient (Wildman–Crippen LogP) is 0.529. The number of nitrogens with two attached hydrogens (primary N) is 1. The van der Waals surface area contributed by atoms with Crippen LogP contribution in [0.25, 0.3) is 0 Å². The first-order chi connectivity index (χ1) is 8.06. The van der Waals surface area contributed by atoms with Crippen molar-refractivity contribution in [1.82, 2.24) is 5.32 Å². The lowest BCUT2D eigenvalue weighted by molar-refractivity contribution is -0.126. The summed E-state index contributed by atoms with van der Waals surface area (Å²) >= 11 is 0. The van der Waals surface area contributed by atoms with Gasteiger partial charge < -0.3 is 20.5 Å². The fourth-order valence-electron chi connectivity index (χ4n) is 1.55. The molecule has 0 heterocycles. The Morgan fingerprint density at radius 2 is 1.82 bits per heavy atom. The highest BCUT2D eigenvalue weighted by molar-refractivity contribution is 5.77. The quantitative estimate of drug-likeness (QED) is 0.551. The van der Waals surface area contributed by atoms with Crippen LogP contribution in [0.3, 0.4) is 0 Å². The van der Waals surface area contributed by atoms with E-state index in [0.717, 1.165) is 6.42 Å². The predicted molar refractivity (Wildman–Crippen MR) is 67.8 cm³/mol. The summed E-state index contributed by atoms with van der Waals surface area (Å²) in [6, 6.07) is 0.194. The molecule has 0 aliphatic heterocycles. The van der Waals surface area contributed by atoms with Crippen molar-refractivity contribution in [3.8, 4) is 0 Å². The zero-order valence-corrected chi connectivity index (χ0v) is 11.2. The van der Waals surface area contributed by atoms with Crippen LogP contribution < -0.4 is 11.1 Å². The highest BCUT2D eigenvalue weighted by Crippen LogP contribution is 2.03. The van der Waals surface area contributed by atoms with Crippen molar-refractivity contribution in [3.05, 3.63) is 0 Å². The molecule has 1 amide bonds. The summed E-state index contributed by atoms with van der Waals surface area (Å²) in [5.41, 5.74) is 5.26. The van der Waals surface area contributed by atoms with Crippen LogP contribution >= 0.6 is 0 Å². The van der Waals surface area contributed by atoms with Gasteiger partial charge in [0.1, 0.15) is 6.61 Å². The van der Waals surface area contributed by atoms with Crippen molar-refractivity contribution in [1.29, 1.82) is 0 Å². The number of carbonyl (C=O) groups is 1. The SMILES string of the molecule is CC(C)C[C@@H](C)NC(=O)COCCOCCN. The molecule has 0 aliphatic rings. The van der Waals surface area contributed by atoms with E-state index in [1.807, 2.05) is 6.92 Å². The third kappa shape index (κ3) is 11.6. The Bertz CT molecular complexity index is 198. The summed E-state index contributed by atoms with van der Waals surface area (Å²) in [5, 5.41) is 2.89. The van der Waals surface area contributed by atoms with E-state index in [1.165, 1.54) is 0 Å². The van der Waals surface area contributed by atoms with E-state index < -0.39 is 0 Å². The molecule has 1 atom stereocenters. The van der Waals surface area contributed by atoms with Gasteiger partial charge in [0.25, 0.3) is 0 Å². The molecule has 0 radical (unpaired) electrons. The number of ether oxygens (including phenoxy) is 2. The maximum Gasteiger partial charge on any atom is 0.246 e. The molecule has 0 aromatic rings. The number of amides is 1. The highest BCUT2D eigenvalue weighted by Gasteiger charge is 2.08. The molecule has 5 nitrogen and oxygen atoms in total. The van der Waals surface area contributed by atoms with Gasteiger partial charge in [0.05, 0.1) is 19.8 Å². The van der Waals surface area contributed by atoms with Crippen LogP contribution in [-0.2, 0) is 14.3 Å². The summed E-state index contributed by atoms with van der Waals surface area (Å²) in [5.74, 6) is 0.507. The van der Waals surface area contributed by atoms with E-state index >= 15 is 0 Å². The van der Waals surface area contributed by atoms with Crippen LogP contribution in [0.4, 0.5) is 0 Å². The normalized spacial score (nSPS) is 12.8. The molecule has 0 bridgehead atoms. The lowest BCUT2D eigenvalue weighted by atomic mass is 10.1. The summed E-state index contributed by atoms with van der Waals surface area (Å²) < 4.78 is 10.3. The van der Waals surface area contributed by atoms with Gasteiger partial charge in [-0.15, -0.1) is 0 Å². The van der Waals surface area contributed by atoms with E-state index in [4.69, 9.17) is 15.2 Å². The average Bonchev–Trinajstić information content (AvgIpc) is 2.21. The molecule has 102 valence electrons. The van der Waals surface area contributed by atoms with E-state index in [0.29, 0.717) is 32.3 Å². The third-order valence-electron chi connectivity index (χ3n) is 2.10. The molecule has 3 N–H and O–H groups in total. The first-order valence-corrected chi connectivity index (χ1v) is 6.21. The van der Waals surface area contributed by atoms with Crippen LogP contribution in [0.1, 0.15) is 27.2 Å². The van der Waals surface area contributed by atoms with Crippen LogP contribution in [0.2, 0.25) is 0 Å². The Balaban J connectivity index is 3.40. The van der Waals surface area contributed by atoms with Crippen LogP contribution in [0, 0.1) is 5.92 Å². The Morgan fingerprint density at radius 1 is 1.18 bits per heavy atom. The first-order valence-electron chi connectivity index (χ1n) is 6.21. The molecule has 0 aromatic heterocycles. The Kier molecular flexibility index (Phi) is 10.1. The van der Waals surface area contributed by atoms with Crippen molar-refractivity contribution in [3.63, 3.8) is 0 Å². The standard InChI is InChI=1S/C12H26N2O3/c1-10(2)8-11(3)14-12(15)9-17-7-6-16-5-4-13/h10-11H,4-9,13H2,1-3H3,(H,14,15)/t11-/m1/s1. The van der Waals surface area contributed by atoms with E-state index in [9.17, 15) is 4.79 Å². The molecule has 0 saturated heterocycles. The maximum atomic E-state index is 11.4. The number of rotatable bonds is 10. The highest BCUT2D eigenvalue weighted by atomic mass is 16.5. The molecule has 0 aromatic carbocycles. The van der Waals surface area contributed by atoms with Gasteiger partial charge in [0, 0.05) is 12.6 Å². The molecule has 0 fully saturated rings. The molecule has 0 saturated carbocycles. The van der Waals surface area contributed by atoms with Crippen LogP contribution in [0.5, 0.6) is 0 Å². The number of carbonyl (C=O) groups excluding carboxylic acids is 1. The molecular weight excluding hydrogens is 220 g/mol. The summed E-state index contributed by atoms with van der Waals surface area (Å²) in [7, 11) is 0. The van der Waals surface area contributed by atoms with Gasteiger partial charge in [-0.05, 0) is 19.3 Å². The molecule has 0 rings (SSSR count). The second-order valence-electron chi connectivity index (χ2n) is 4.55. The zero-order chi connectivity index (χ0) is 13.1. The first kappa shape index (κ1) is 16.4. The minimum Gasteiger partial charge on any atom is -0.378 e. The Morgan fingerprint density at radius 3 is 2.41 bits per heavy atom. The van der Waals surface area contributed by atoms with Crippen molar-refractivity contribution >= 4 is 5.91 Å². The number of hydrogen-bond acceptors (Lipinski definition) is 4. The fourth-order valence-corrected chi connectivity index (χ4v) is 1.55. The summed E-state index contributed by atoms with van der Waals surface area (Å²) in [4.78, 5) is 11.4. The van der Waals surface area contributed by atoms with Gasteiger partial charge in [-0.1, -0.05) is 13.8 Å². The smallest absolute Gasteiger partial charge is 0.246 e. The summed E-state index contributed by atoms with van der Waals surface area (Å²) in [6.45, 7) is 8.30. The minimum absolute atomic E-state index is 0.0722. The lowest BCUT2D eigenvalue weighted by Crippen LogP contribution is -2.36. The van der Waals surface area contributed by atoms with Gasteiger partial charge in [-0.2, -0.15) is 0 Å². The lowest BCUT2D eigenvalue weighted by Gasteiger charge is -2.15. The van der Waals surface area contributed by atoms with E-state index in [1.54, 1.807) is 0 Å². The largest absolute Gasteiger partial charge is 0.378 e. The Hall–Kier alpha value is -0.650. The van der Waals surface area contributed by atoms with Crippen LogP contribution in [0.15, 0.2) is 0 Å². The van der Waals surface area contributed by atoms with Gasteiger partial charge in [0.2, 0.25) is 5.91 Å². The topological polar surface area (TPSA) is 73.6 Å².